The molecule has 0 saturated carbocycles. The maximum absolute atomic E-state index is 6.08. The number of aromatic nitrogens is 1. The molecular formula is C30H37ClN4. The fourth-order valence-corrected chi connectivity index (χ4v) is 3.45. The zero-order valence-corrected chi connectivity index (χ0v) is 22.4. The van der Waals surface area contributed by atoms with Crippen LogP contribution in [0.3, 0.4) is 0 Å². The van der Waals surface area contributed by atoms with Crippen LogP contribution in [0.2, 0.25) is 5.02 Å². The molecule has 35 heavy (non-hydrogen) atoms. The van der Waals surface area contributed by atoms with Gasteiger partial charge in [-0.25, -0.2) is 0 Å². The zero-order valence-electron chi connectivity index (χ0n) is 21.6. The van der Waals surface area contributed by atoms with E-state index in [9.17, 15) is 0 Å². The molecule has 0 radical (unpaired) electrons. The van der Waals surface area contributed by atoms with Crippen LogP contribution >= 0.6 is 11.6 Å². The number of allylic oxidation sites excluding steroid dienone is 2. The highest BCUT2D eigenvalue weighted by molar-refractivity contribution is 6.30. The van der Waals surface area contributed by atoms with Gasteiger partial charge in [-0.2, -0.15) is 0 Å². The SMILES string of the molecule is C#C.C=C1C=C2CN=C(c3ccc(Cl)cc3)c3cc(CC)ncc3C2=CN1C.C=CC.CCNC. The number of rotatable bonds is 3. The van der Waals surface area contributed by atoms with Gasteiger partial charge in [0, 0.05) is 58.1 Å². The molecule has 0 unspecified atom stereocenters. The molecule has 4 nitrogen and oxygen atoms in total. The van der Waals surface area contributed by atoms with Crippen LogP contribution in [-0.4, -0.2) is 42.8 Å². The molecule has 3 heterocycles. The van der Waals surface area contributed by atoms with E-state index in [0.29, 0.717) is 6.54 Å². The predicted molar refractivity (Wildman–Crippen MR) is 154 cm³/mol. The number of halogens is 1. The Morgan fingerprint density at radius 2 is 1.77 bits per heavy atom. The number of fused-ring (bicyclic) bond motifs is 3. The van der Waals surface area contributed by atoms with E-state index in [0.717, 1.165) is 57.4 Å². The summed E-state index contributed by atoms with van der Waals surface area (Å²) >= 11 is 6.08. The Kier molecular flexibility index (Phi) is 13.1. The van der Waals surface area contributed by atoms with Crippen molar-refractivity contribution in [2.45, 2.75) is 27.2 Å². The van der Waals surface area contributed by atoms with Crippen LogP contribution in [0.1, 0.15) is 43.2 Å². The number of benzene rings is 1. The number of likely N-dealkylation sites (N-methyl/N-ethyl adjacent to an activating group) is 1. The van der Waals surface area contributed by atoms with Gasteiger partial charge in [0.05, 0.1) is 12.3 Å². The second-order valence-corrected chi connectivity index (χ2v) is 8.11. The summed E-state index contributed by atoms with van der Waals surface area (Å²) in [6, 6.07) is 10.0. The van der Waals surface area contributed by atoms with Crippen LogP contribution < -0.4 is 5.32 Å². The number of nitrogens with zero attached hydrogens (tertiary/aromatic N) is 3. The first kappa shape index (κ1) is 29.6. The van der Waals surface area contributed by atoms with E-state index in [1.807, 2.05) is 56.4 Å². The van der Waals surface area contributed by atoms with Crippen molar-refractivity contribution in [2.24, 2.45) is 4.99 Å². The van der Waals surface area contributed by atoms with Crippen molar-refractivity contribution < 1.29 is 0 Å². The molecule has 1 aromatic carbocycles. The number of nitrogens with one attached hydrogen (secondary N) is 1. The van der Waals surface area contributed by atoms with Gasteiger partial charge >= 0.3 is 0 Å². The lowest BCUT2D eigenvalue weighted by molar-refractivity contribution is 0.587. The molecule has 2 aliphatic heterocycles. The minimum Gasteiger partial charge on any atom is -0.351 e. The smallest absolute Gasteiger partial charge is 0.0730 e. The molecule has 4 rings (SSSR count). The Balaban J connectivity index is 0.000000597. The van der Waals surface area contributed by atoms with Crippen molar-refractivity contribution in [3.05, 3.63) is 107 Å². The Morgan fingerprint density at radius 1 is 1.17 bits per heavy atom. The summed E-state index contributed by atoms with van der Waals surface area (Å²) in [4.78, 5) is 11.7. The highest BCUT2D eigenvalue weighted by Gasteiger charge is 2.24. The summed E-state index contributed by atoms with van der Waals surface area (Å²) in [5.74, 6) is 0. The van der Waals surface area contributed by atoms with Crippen molar-refractivity contribution in [3.63, 3.8) is 0 Å². The standard InChI is InChI=1S/C22H20ClN3.C3H9N.C3H6.C2H2/c1-4-18-10-19-20(12-24-18)21-13-26(3)14(2)9-16(21)11-25-22(19)15-5-7-17(23)8-6-15;1-3-4-2;1-3-2;1-2/h5-10,12-13H,2,4,11H2,1,3H3;4H,3H2,1-2H3;3H,1H2,2H3;1-2H. The zero-order chi connectivity index (χ0) is 26.4. The molecule has 1 N–H and O–H groups in total. The Labute approximate surface area is 216 Å². The summed E-state index contributed by atoms with van der Waals surface area (Å²) in [7, 11) is 3.95. The first-order chi connectivity index (χ1) is 16.9. The molecule has 2 aromatic rings. The van der Waals surface area contributed by atoms with Gasteiger partial charge in [-0.1, -0.05) is 50.2 Å². The number of aryl methyl sites for hydroxylation is 1. The monoisotopic (exact) mass is 488 g/mol. The summed E-state index contributed by atoms with van der Waals surface area (Å²) in [6.07, 6.45) is 16.9. The number of terminal acetylenes is 1. The van der Waals surface area contributed by atoms with Gasteiger partial charge in [0.2, 0.25) is 0 Å². The molecule has 1 aromatic heterocycles. The topological polar surface area (TPSA) is 40.5 Å². The quantitative estimate of drug-likeness (QED) is 0.393. The van der Waals surface area contributed by atoms with Crippen LogP contribution in [-0.2, 0) is 6.42 Å². The van der Waals surface area contributed by atoms with Gasteiger partial charge < -0.3 is 10.2 Å². The van der Waals surface area contributed by atoms with Crippen molar-refractivity contribution in [1.82, 2.24) is 15.2 Å². The van der Waals surface area contributed by atoms with Crippen LogP contribution in [0.25, 0.3) is 5.57 Å². The van der Waals surface area contributed by atoms with Gasteiger partial charge in [0.25, 0.3) is 0 Å². The Bertz CT molecular complexity index is 1100. The van der Waals surface area contributed by atoms with E-state index in [1.54, 1.807) is 6.08 Å². The van der Waals surface area contributed by atoms with E-state index in [-0.39, 0.29) is 0 Å². The molecule has 2 aliphatic rings. The third-order valence-corrected chi connectivity index (χ3v) is 5.46. The summed E-state index contributed by atoms with van der Waals surface area (Å²) < 4.78 is 0. The molecule has 0 aliphatic carbocycles. The van der Waals surface area contributed by atoms with Gasteiger partial charge in [-0.05, 0) is 56.8 Å². The number of hydrogen-bond donors (Lipinski definition) is 1. The molecular weight excluding hydrogens is 452 g/mol. The largest absolute Gasteiger partial charge is 0.351 e. The second kappa shape index (κ2) is 15.5. The van der Waals surface area contributed by atoms with Gasteiger partial charge in [0.1, 0.15) is 0 Å². The van der Waals surface area contributed by atoms with Crippen molar-refractivity contribution in [2.75, 3.05) is 27.2 Å². The third-order valence-electron chi connectivity index (χ3n) is 5.21. The first-order valence-electron chi connectivity index (χ1n) is 11.6. The molecule has 0 spiro atoms. The maximum atomic E-state index is 6.08. The molecule has 0 amide bonds. The summed E-state index contributed by atoms with van der Waals surface area (Å²) in [5.41, 5.74) is 8.64. The minimum atomic E-state index is 0.618. The average Bonchev–Trinajstić information content (AvgIpc) is 3.03. The lowest BCUT2D eigenvalue weighted by atomic mass is 9.91. The van der Waals surface area contributed by atoms with E-state index < -0.39 is 0 Å². The van der Waals surface area contributed by atoms with Crippen LogP contribution in [0.5, 0.6) is 0 Å². The Hall–Kier alpha value is -3.39. The third kappa shape index (κ3) is 8.10. The van der Waals surface area contributed by atoms with E-state index >= 15 is 0 Å². The lowest BCUT2D eigenvalue weighted by Crippen LogP contribution is -2.15. The molecule has 184 valence electrons. The number of aliphatic imine (C=N–C) groups is 1. The van der Waals surface area contributed by atoms with Crippen LogP contribution in [0.15, 0.2) is 84.3 Å². The normalized spacial score (nSPS) is 13.3. The number of pyridine rings is 1. The Morgan fingerprint density at radius 3 is 2.31 bits per heavy atom. The highest BCUT2D eigenvalue weighted by atomic mass is 35.5. The molecule has 0 fully saturated rings. The second-order valence-electron chi connectivity index (χ2n) is 7.68. The number of hydrogen-bond acceptors (Lipinski definition) is 4. The van der Waals surface area contributed by atoms with Crippen LogP contribution in [0, 0.1) is 12.8 Å². The van der Waals surface area contributed by atoms with Crippen molar-refractivity contribution in [3.8, 4) is 12.8 Å². The fraction of sp³-hybridized carbons (Fsp3) is 0.267. The highest BCUT2D eigenvalue weighted by Crippen LogP contribution is 2.35. The summed E-state index contributed by atoms with van der Waals surface area (Å²) in [5, 5.41) is 3.66. The first-order valence-corrected chi connectivity index (χ1v) is 12.0. The van der Waals surface area contributed by atoms with Crippen molar-refractivity contribution >= 4 is 22.9 Å². The average molecular weight is 489 g/mol. The predicted octanol–water partition coefficient (Wildman–Crippen LogP) is 6.54. The van der Waals surface area contributed by atoms with Gasteiger partial charge in [-0.3, -0.25) is 9.98 Å². The van der Waals surface area contributed by atoms with Gasteiger partial charge in [-0.15, -0.1) is 19.4 Å². The van der Waals surface area contributed by atoms with E-state index in [2.05, 4.69) is 68.5 Å². The minimum absolute atomic E-state index is 0.618. The fourth-order valence-electron chi connectivity index (χ4n) is 3.32. The van der Waals surface area contributed by atoms with Crippen LogP contribution in [0.4, 0.5) is 0 Å². The van der Waals surface area contributed by atoms with E-state index in [1.165, 1.54) is 5.57 Å². The van der Waals surface area contributed by atoms with E-state index in [4.69, 9.17) is 16.6 Å². The summed E-state index contributed by atoms with van der Waals surface area (Å²) in [6.45, 7) is 15.2. The molecule has 0 bridgehead atoms. The van der Waals surface area contributed by atoms with Gasteiger partial charge in [0.15, 0.2) is 0 Å². The van der Waals surface area contributed by atoms with Crippen molar-refractivity contribution in [1.29, 1.82) is 0 Å². The molecule has 5 heteroatoms. The maximum Gasteiger partial charge on any atom is 0.0730 e. The lowest BCUT2D eigenvalue weighted by Gasteiger charge is -2.24. The molecule has 0 saturated heterocycles. The molecule has 0 atom stereocenters.